The summed E-state index contributed by atoms with van der Waals surface area (Å²) in [5, 5.41) is 3.74. The summed E-state index contributed by atoms with van der Waals surface area (Å²) in [5.74, 6) is -0.426. The number of rotatable bonds is 4. The number of carbonyl (C=O) groups excluding carboxylic acids is 2. The van der Waals surface area contributed by atoms with Gasteiger partial charge in [-0.3, -0.25) is 9.59 Å². The van der Waals surface area contributed by atoms with Crippen LogP contribution >= 0.6 is 23.4 Å². The average Bonchev–Trinajstić information content (AvgIpc) is 2.98. The second-order valence-corrected chi connectivity index (χ2v) is 7.49. The molecule has 3 rings (SSSR count). The SMILES string of the molecule is Cc1c(Cl)cccc1NC1=NC(=O)C(CC(=O)N(C)c2ccccc2)S1. The Morgan fingerprint density at radius 2 is 1.96 bits per heavy atom. The first-order chi connectivity index (χ1) is 12.5. The molecule has 134 valence electrons. The second-order valence-electron chi connectivity index (χ2n) is 5.89. The van der Waals surface area contributed by atoms with Gasteiger partial charge in [-0.05, 0) is 36.8 Å². The second kappa shape index (κ2) is 7.93. The normalized spacial score (nSPS) is 16.3. The van der Waals surface area contributed by atoms with Crippen LogP contribution in [0.1, 0.15) is 12.0 Å². The van der Waals surface area contributed by atoms with Gasteiger partial charge in [-0.2, -0.15) is 4.99 Å². The van der Waals surface area contributed by atoms with Gasteiger partial charge >= 0.3 is 0 Å². The first-order valence-electron chi connectivity index (χ1n) is 8.08. The molecule has 0 radical (unpaired) electrons. The predicted octanol–water partition coefficient (Wildman–Crippen LogP) is 4.11. The first-order valence-corrected chi connectivity index (χ1v) is 9.34. The van der Waals surface area contributed by atoms with E-state index in [-0.39, 0.29) is 18.2 Å². The van der Waals surface area contributed by atoms with Crippen molar-refractivity contribution >= 4 is 51.7 Å². The molecule has 0 saturated heterocycles. The Kier molecular flexibility index (Phi) is 5.64. The molecule has 1 aliphatic heterocycles. The Hall–Kier alpha value is -2.31. The van der Waals surface area contributed by atoms with Crippen LogP contribution in [0.15, 0.2) is 53.5 Å². The van der Waals surface area contributed by atoms with E-state index in [1.54, 1.807) is 18.0 Å². The van der Waals surface area contributed by atoms with E-state index in [9.17, 15) is 9.59 Å². The number of benzene rings is 2. The minimum atomic E-state index is -0.518. The number of nitrogens with zero attached hydrogens (tertiary/aromatic N) is 2. The van der Waals surface area contributed by atoms with Crippen LogP contribution in [-0.4, -0.2) is 29.3 Å². The molecule has 0 bridgehead atoms. The Balaban J connectivity index is 1.63. The summed E-state index contributed by atoms with van der Waals surface area (Å²) in [6, 6.07) is 14.8. The third kappa shape index (κ3) is 4.08. The third-order valence-electron chi connectivity index (χ3n) is 4.13. The van der Waals surface area contributed by atoms with Gasteiger partial charge in [0.15, 0.2) is 5.17 Å². The van der Waals surface area contributed by atoms with E-state index in [0.29, 0.717) is 10.2 Å². The van der Waals surface area contributed by atoms with Crippen molar-refractivity contribution in [2.75, 3.05) is 17.3 Å². The number of thioether (sulfide) groups is 1. The summed E-state index contributed by atoms with van der Waals surface area (Å²) >= 11 is 7.38. The van der Waals surface area contributed by atoms with E-state index in [1.165, 1.54) is 11.8 Å². The molecule has 2 aromatic carbocycles. The van der Waals surface area contributed by atoms with Gasteiger partial charge in [-0.25, -0.2) is 0 Å². The molecule has 2 amide bonds. The molecule has 1 aliphatic rings. The molecule has 0 spiro atoms. The number of carbonyl (C=O) groups is 2. The lowest BCUT2D eigenvalue weighted by Crippen LogP contribution is -2.30. The highest BCUT2D eigenvalue weighted by atomic mass is 35.5. The lowest BCUT2D eigenvalue weighted by Gasteiger charge is -2.18. The molecule has 0 aromatic heterocycles. The Morgan fingerprint density at radius 3 is 2.69 bits per heavy atom. The Morgan fingerprint density at radius 1 is 1.23 bits per heavy atom. The fourth-order valence-corrected chi connectivity index (χ4v) is 3.65. The topological polar surface area (TPSA) is 61.8 Å². The van der Waals surface area contributed by atoms with Crippen LogP contribution in [0.25, 0.3) is 0 Å². The molecule has 2 aromatic rings. The van der Waals surface area contributed by atoms with Gasteiger partial charge in [0, 0.05) is 29.9 Å². The first kappa shape index (κ1) is 18.5. The molecule has 1 N–H and O–H groups in total. The Bertz CT molecular complexity index is 870. The zero-order chi connectivity index (χ0) is 18.7. The quantitative estimate of drug-likeness (QED) is 0.857. The maximum absolute atomic E-state index is 12.5. The molecule has 5 nitrogen and oxygen atoms in total. The van der Waals surface area contributed by atoms with Crippen LogP contribution in [-0.2, 0) is 9.59 Å². The van der Waals surface area contributed by atoms with E-state index in [2.05, 4.69) is 10.3 Å². The highest BCUT2D eigenvalue weighted by Gasteiger charge is 2.32. The number of amidine groups is 1. The van der Waals surface area contributed by atoms with Crippen molar-refractivity contribution in [1.82, 2.24) is 0 Å². The summed E-state index contributed by atoms with van der Waals surface area (Å²) in [7, 11) is 1.71. The van der Waals surface area contributed by atoms with Crippen molar-refractivity contribution in [1.29, 1.82) is 0 Å². The van der Waals surface area contributed by atoms with Gasteiger partial charge in [0.2, 0.25) is 5.91 Å². The fraction of sp³-hybridized carbons (Fsp3) is 0.211. The van der Waals surface area contributed by atoms with Crippen LogP contribution in [0.2, 0.25) is 5.02 Å². The number of aliphatic imine (C=N–C) groups is 1. The summed E-state index contributed by atoms with van der Waals surface area (Å²) in [5.41, 5.74) is 2.47. The van der Waals surface area contributed by atoms with Crippen LogP contribution in [0.5, 0.6) is 0 Å². The third-order valence-corrected chi connectivity index (χ3v) is 5.61. The standard InChI is InChI=1S/C19H18ClN3O2S/c1-12-14(20)9-6-10-15(12)21-19-22-18(25)16(26-19)11-17(24)23(2)13-7-4-3-5-8-13/h3-10,16H,11H2,1-2H3,(H,21,22,25). The molecule has 0 fully saturated rings. The van der Waals surface area contributed by atoms with Gasteiger partial charge in [-0.15, -0.1) is 0 Å². The molecular weight excluding hydrogens is 370 g/mol. The van der Waals surface area contributed by atoms with E-state index in [0.717, 1.165) is 16.9 Å². The number of halogens is 1. The molecule has 1 atom stereocenters. The summed E-state index contributed by atoms with van der Waals surface area (Å²) in [4.78, 5) is 30.2. The summed E-state index contributed by atoms with van der Waals surface area (Å²) in [6.07, 6.45) is 0.0953. The zero-order valence-electron chi connectivity index (χ0n) is 14.4. The molecular formula is C19H18ClN3O2S. The van der Waals surface area contributed by atoms with Crippen molar-refractivity contribution in [3.8, 4) is 0 Å². The maximum atomic E-state index is 12.5. The van der Waals surface area contributed by atoms with E-state index < -0.39 is 5.25 Å². The van der Waals surface area contributed by atoms with Crippen molar-refractivity contribution in [2.24, 2.45) is 4.99 Å². The monoisotopic (exact) mass is 387 g/mol. The maximum Gasteiger partial charge on any atom is 0.262 e. The van der Waals surface area contributed by atoms with Crippen LogP contribution < -0.4 is 10.2 Å². The predicted molar refractivity (Wildman–Crippen MR) is 108 cm³/mol. The zero-order valence-corrected chi connectivity index (χ0v) is 16.0. The number of hydrogen-bond donors (Lipinski definition) is 1. The summed E-state index contributed by atoms with van der Waals surface area (Å²) < 4.78 is 0. The summed E-state index contributed by atoms with van der Waals surface area (Å²) in [6.45, 7) is 1.89. The number of anilines is 2. The van der Waals surface area contributed by atoms with Gasteiger partial charge in [-0.1, -0.05) is 47.6 Å². The lowest BCUT2D eigenvalue weighted by molar-refractivity contribution is -0.122. The number of para-hydroxylation sites is 1. The fourth-order valence-electron chi connectivity index (χ4n) is 2.52. The lowest BCUT2D eigenvalue weighted by atomic mass is 10.2. The number of hydrogen-bond acceptors (Lipinski definition) is 4. The highest BCUT2D eigenvalue weighted by molar-refractivity contribution is 8.15. The van der Waals surface area contributed by atoms with Gasteiger partial charge in [0.05, 0.1) is 0 Å². The van der Waals surface area contributed by atoms with Crippen molar-refractivity contribution < 1.29 is 9.59 Å². The van der Waals surface area contributed by atoms with Crippen LogP contribution in [0, 0.1) is 6.92 Å². The molecule has 26 heavy (non-hydrogen) atoms. The van der Waals surface area contributed by atoms with Crippen molar-refractivity contribution in [3.05, 3.63) is 59.1 Å². The van der Waals surface area contributed by atoms with Crippen LogP contribution in [0.3, 0.4) is 0 Å². The molecule has 1 heterocycles. The largest absolute Gasteiger partial charge is 0.334 e. The highest BCUT2D eigenvalue weighted by Crippen LogP contribution is 2.30. The van der Waals surface area contributed by atoms with E-state index in [1.807, 2.05) is 49.4 Å². The van der Waals surface area contributed by atoms with Crippen molar-refractivity contribution in [3.63, 3.8) is 0 Å². The van der Waals surface area contributed by atoms with E-state index in [4.69, 9.17) is 11.6 Å². The molecule has 0 saturated carbocycles. The van der Waals surface area contributed by atoms with E-state index >= 15 is 0 Å². The van der Waals surface area contributed by atoms with Gasteiger partial charge in [0.25, 0.3) is 5.91 Å². The van der Waals surface area contributed by atoms with Crippen LogP contribution in [0.4, 0.5) is 11.4 Å². The number of amides is 2. The minimum absolute atomic E-state index is 0.0953. The average molecular weight is 388 g/mol. The smallest absolute Gasteiger partial charge is 0.262 e. The molecule has 1 unspecified atom stereocenters. The minimum Gasteiger partial charge on any atom is -0.334 e. The molecule has 7 heteroatoms. The molecule has 0 aliphatic carbocycles. The Labute approximate surface area is 161 Å². The van der Waals surface area contributed by atoms with Gasteiger partial charge in [0.1, 0.15) is 5.25 Å². The number of nitrogens with one attached hydrogen (secondary N) is 1. The van der Waals surface area contributed by atoms with Crippen molar-refractivity contribution in [2.45, 2.75) is 18.6 Å². The van der Waals surface area contributed by atoms with Gasteiger partial charge < -0.3 is 10.2 Å².